The summed E-state index contributed by atoms with van der Waals surface area (Å²) in [5, 5.41) is 5.56. The predicted molar refractivity (Wildman–Crippen MR) is 109 cm³/mol. The normalized spacial score (nSPS) is 17.9. The van der Waals surface area contributed by atoms with E-state index in [1.807, 2.05) is 31.2 Å². The number of cyclic esters (lactones) is 1. The highest BCUT2D eigenvalue weighted by Gasteiger charge is 2.42. The van der Waals surface area contributed by atoms with Crippen LogP contribution in [0.25, 0.3) is 0 Å². The van der Waals surface area contributed by atoms with Crippen molar-refractivity contribution in [2.45, 2.75) is 13.0 Å². The summed E-state index contributed by atoms with van der Waals surface area (Å²) in [6.07, 6.45) is 0. The van der Waals surface area contributed by atoms with Gasteiger partial charge in [0.05, 0.1) is 24.4 Å². The minimum absolute atomic E-state index is 0.0419. The molecule has 0 fully saturated rings. The van der Waals surface area contributed by atoms with Crippen molar-refractivity contribution in [1.29, 1.82) is 0 Å². The minimum atomic E-state index is -0.607. The van der Waals surface area contributed by atoms with Crippen LogP contribution in [0, 0.1) is 6.92 Å². The first-order valence-corrected chi connectivity index (χ1v) is 9.45. The van der Waals surface area contributed by atoms with E-state index in [1.165, 1.54) is 4.90 Å². The molecule has 8 nitrogen and oxygen atoms in total. The summed E-state index contributed by atoms with van der Waals surface area (Å²) >= 11 is 0. The maximum absolute atomic E-state index is 12.8. The lowest BCUT2D eigenvalue weighted by molar-refractivity contribution is -0.136. The molecule has 0 unspecified atom stereocenters. The zero-order chi connectivity index (χ0) is 21.3. The van der Waals surface area contributed by atoms with E-state index in [0.717, 1.165) is 11.1 Å². The molecule has 0 aliphatic carbocycles. The highest BCUT2D eigenvalue weighted by Crippen LogP contribution is 2.35. The summed E-state index contributed by atoms with van der Waals surface area (Å²) < 4.78 is 10.3. The Morgan fingerprint density at radius 3 is 2.53 bits per heavy atom. The molecule has 0 radical (unpaired) electrons. The van der Waals surface area contributed by atoms with E-state index in [4.69, 9.17) is 9.47 Å². The van der Waals surface area contributed by atoms with Gasteiger partial charge >= 0.3 is 12.0 Å². The van der Waals surface area contributed by atoms with Gasteiger partial charge in [0.2, 0.25) is 5.91 Å². The van der Waals surface area contributed by atoms with Gasteiger partial charge < -0.3 is 20.1 Å². The summed E-state index contributed by atoms with van der Waals surface area (Å²) in [7, 11) is 1.56. The number of hydrogen-bond acceptors (Lipinski definition) is 5. The number of carbonyl (C=O) groups excluding carboxylic acids is 3. The van der Waals surface area contributed by atoms with Crippen LogP contribution >= 0.6 is 0 Å². The zero-order valence-electron chi connectivity index (χ0n) is 16.6. The van der Waals surface area contributed by atoms with Gasteiger partial charge in [0.1, 0.15) is 18.9 Å². The molecule has 1 atom stereocenters. The fraction of sp³-hybridized carbons (Fsp3) is 0.227. The molecule has 8 heteroatoms. The van der Waals surface area contributed by atoms with Crippen LogP contribution < -0.4 is 15.4 Å². The molecule has 3 amide bonds. The summed E-state index contributed by atoms with van der Waals surface area (Å²) in [4.78, 5) is 38.9. The molecule has 0 bridgehead atoms. The summed E-state index contributed by atoms with van der Waals surface area (Å²) in [6, 6.07) is 13.3. The summed E-state index contributed by atoms with van der Waals surface area (Å²) in [5.41, 5.74) is 3.20. The number of urea groups is 1. The van der Waals surface area contributed by atoms with Gasteiger partial charge in [0.25, 0.3) is 0 Å². The molecule has 30 heavy (non-hydrogen) atoms. The van der Waals surface area contributed by atoms with Crippen LogP contribution in [0.1, 0.15) is 17.2 Å². The minimum Gasteiger partial charge on any atom is -0.497 e. The number of aryl methyl sites for hydroxylation is 1. The Labute approximate surface area is 173 Å². The Bertz CT molecular complexity index is 1030. The van der Waals surface area contributed by atoms with Crippen molar-refractivity contribution in [3.63, 3.8) is 0 Å². The van der Waals surface area contributed by atoms with Gasteiger partial charge in [-0.05, 0) is 36.8 Å². The SMILES string of the molecule is COc1ccc(NC(=O)CN2C(=O)N[C@H](c3ccc(C)cc3)C3=C2COC3=O)cc1. The molecular formula is C22H21N3O5. The molecule has 2 aliphatic heterocycles. The first kappa shape index (κ1) is 19.5. The Morgan fingerprint density at radius 1 is 1.17 bits per heavy atom. The van der Waals surface area contributed by atoms with Gasteiger partial charge in [-0.3, -0.25) is 9.69 Å². The van der Waals surface area contributed by atoms with Crippen LogP contribution in [0.2, 0.25) is 0 Å². The lowest BCUT2D eigenvalue weighted by Crippen LogP contribution is -2.49. The number of amides is 3. The third kappa shape index (κ3) is 3.71. The highest BCUT2D eigenvalue weighted by molar-refractivity contribution is 6.00. The quantitative estimate of drug-likeness (QED) is 0.743. The average molecular weight is 407 g/mol. The number of nitrogens with one attached hydrogen (secondary N) is 2. The van der Waals surface area contributed by atoms with Crippen LogP contribution in [0.15, 0.2) is 59.8 Å². The number of carbonyl (C=O) groups is 3. The first-order valence-electron chi connectivity index (χ1n) is 9.45. The van der Waals surface area contributed by atoms with Gasteiger partial charge in [-0.15, -0.1) is 0 Å². The number of nitrogens with zero attached hydrogens (tertiary/aromatic N) is 1. The molecule has 2 heterocycles. The van der Waals surface area contributed by atoms with Crippen molar-refractivity contribution in [2.24, 2.45) is 0 Å². The number of rotatable bonds is 5. The Kier molecular flexibility index (Phi) is 5.14. The molecule has 2 aromatic rings. The number of ether oxygens (including phenoxy) is 2. The largest absolute Gasteiger partial charge is 0.497 e. The van der Waals surface area contributed by atoms with E-state index >= 15 is 0 Å². The van der Waals surface area contributed by atoms with Gasteiger partial charge in [-0.2, -0.15) is 0 Å². The molecule has 2 N–H and O–H groups in total. The number of methoxy groups -OCH3 is 1. The van der Waals surface area contributed by atoms with Crippen molar-refractivity contribution in [2.75, 3.05) is 25.6 Å². The van der Waals surface area contributed by atoms with E-state index in [-0.39, 0.29) is 13.2 Å². The molecular weight excluding hydrogens is 386 g/mol. The van der Waals surface area contributed by atoms with Crippen LogP contribution in [-0.2, 0) is 14.3 Å². The second-order valence-corrected chi connectivity index (χ2v) is 7.09. The molecule has 2 aromatic carbocycles. The van der Waals surface area contributed by atoms with Crippen LogP contribution in [0.3, 0.4) is 0 Å². The maximum Gasteiger partial charge on any atom is 0.338 e. The molecule has 0 aromatic heterocycles. The second kappa shape index (κ2) is 7.90. The lowest BCUT2D eigenvalue weighted by Gasteiger charge is -2.32. The molecule has 0 saturated carbocycles. The third-order valence-electron chi connectivity index (χ3n) is 5.08. The van der Waals surface area contributed by atoms with Crippen LogP contribution in [-0.4, -0.2) is 43.1 Å². The van der Waals surface area contributed by atoms with E-state index in [0.29, 0.717) is 22.7 Å². The van der Waals surface area contributed by atoms with Gasteiger partial charge in [0, 0.05) is 5.69 Å². The maximum atomic E-state index is 12.8. The number of esters is 1. The van der Waals surface area contributed by atoms with E-state index in [1.54, 1.807) is 31.4 Å². The monoisotopic (exact) mass is 407 g/mol. The van der Waals surface area contributed by atoms with E-state index in [2.05, 4.69) is 10.6 Å². The standard InChI is InChI=1S/C22H21N3O5/c1-13-3-5-14(6-4-13)20-19-17(12-30-21(19)27)25(22(28)24-20)11-18(26)23-15-7-9-16(29-2)10-8-15/h3-10,20H,11-12H2,1-2H3,(H,23,26)(H,24,28)/t20-/m1/s1. The smallest absolute Gasteiger partial charge is 0.338 e. The van der Waals surface area contributed by atoms with E-state index < -0.39 is 23.9 Å². The number of benzene rings is 2. The van der Waals surface area contributed by atoms with Gasteiger partial charge in [-0.25, -0.2) is 9.59 Å². The topological polar surface area (TPSA) is 97.0 Å². The fourth-order valence-corrected chi connectivity index (χ4v) is 3.51. The Balaban J connectivity index is 1.55. The van der Waals surface area contributed by atoms with Gasteiger partial charge in [-0.1, -0.05) is 29.8 Å². The second-order valence-electron chi connectivity index (χ2n) is 7.09. The molecule has 154 valence electrons. The first-order chi connectivity index (χ1) is 14.5. The fourth-order valence-electron chi connectivity index (χ4n) is 3.51. The molecule has 0 saturated heterocycles. The average Bonchev–Trinajstić information content (AvgIpc) is 3.13. The third-order valence-corrected chi connectivity index (χ3v) is 5.08. The predicted octanol–water partition coefficient (Wildman–Crippen LogP) is 2.52. The number of hydrogen-bond donors (Lipinski definition) is 2. The summed E-state index contributed by atoms with van der Waals surface area (Å²) in [6.45, 7) is 1.68. The number of anilines is 1. The Morgan fingerprint density at radius 2 is 1.87 bits per heavy atom. The van der Waals surface area contributed by atoms with Crippen molar-refractivity contribution in [3.8, 4) is 5.75 Å². The van der Waals surface area contributed by atoms with Crippen LogP contribution in [0.4, 0.5) is 10.5 Å². The van der Waals surface area contributed by atoms with Gasteiger partial charge in [0.15, 0.2) is 0 Å². The Hall–Kier alpha value is -3.81. The van der Waals surface area contributed by atoms with E-state index in [9.17, 15) is 14.4 Å². The van der Waals surface area contributed by atoms with Crippen molar-refractivity contribution >= 4 is 23.6 Å². The molecule has 2 aliphatic rings. The zero-order valence-corrected chi connectivity index (χ0v) is 16.6. The molecule has 0 spiro atoms. The van der Waals surface area contributed by atoms with Crippen molar-refractivity contribution < 1.29 is 23.9 Å². The van der Waals surface area contributed by atoms with Crippen molar-refractivity contribution in [3.05, 3.63) is 70.9 Å². The van der Waals surface area contributed by atoms with Crippen molar-refractivity contribution in [1.82, 2.24) is 10.2 Å². The lowest BCUT2D eigenvalue weighted by atomic mass is 9.95. The van der Waals surface area contributed by atoms with Crippen LogP contribution in [0.5, 0.6) is 5.75 Å². The molecule has 4 rings (SSSR count). The summed E-state index contributed by atoms with van der Waals surface area (Å²) in [5.74, 6) is -0.214. The highest BCUT2D eigenvalue weighted by atomic mass is 16.5.